The van der Waals surface area contributed by atoms with E-state index < -0.39 is 0 Å². The number of hydrogen-bond acceptors (Lipinski definition) is 1. The van der Waals surface area contributed by atoms with Gasteiger partial charge in [0.05, 0.1) is 6.61 Å². The number of hydrogen-bond donors (Lipinski definition) is 0. The zero-order chi connectivity index (χ0) is 10.8. The first-order valence-electron chi connectivity index (χ1n) is 4.82. The lowest BCUT2D eigenvalue weighted by atomic mass is 10.3. The molecule has 0 saturated heterocycles. The predicted octanol–water partition coefficient (Wildman–Crippen LogP) is 4.43. The van der Waals surface area contributed by atoms with Crippen molar-refractivity contribution < 1.29 is 4.74 Å². The molecular formula is C12H17BrO. The molecule has 0 fully saturated rings. The standard InChI is InChI=1S/C10H11BrO.C2H6/c1-2-3-7-12-10-6-4-5-9(11)8-10;1-2/h2,4-6,8H,1,3,7H2;1-2H3. The average molecular weight is 257 g/mol. The fourth-order valence-electron chi connectivity index (χ4n) is 0.817. The summed E-state index contributed by atoms with van der Waals surface area (Å²) >= 11 is 3.37. The Morgan fingerprint density at radius 3 is 2.71 bits per heavy atom. The van der Waals surface area contributed by atoms with Crippen molar-refractivity contribution in [1.29, 1.82) is 0 Å². The van der Waals surface area contributed by atoms with Crippen LogP contribution in [-0.4, -0.2) is 6.61 Å². The molecule has 0 heterocycles. The summed E-state index contributed by atoms with van der Waals surface area (Å²) in [6, 6.07) is 7.81. The summed E-state index contributed by atoms with van der Waals surface area (Å²) < 4.78 is 6.47. The molecule has 78 valence electrons. The van der Waals surface area contributed by atoms with Gasteiger partial charge >= 0.3 is 0 Å². The molecule has 0 bridgehead atoms. The van der Waals surface area contributed by atoms with Gasteiger partial charge in [-0.25, -0.2) is 0 Å². The van der Waals surface area contributed by atoms with Crippen LogP contribution in [-0.2, 0) is 0 Å². The molecule has 0 spiro atoms. The molecular weight excluding hydrogens is 240 g/mol. The van der Waals surface area contributed by atoms with Crippen LogP contribution in [0.3, 0.4) is 0 Å². The third kappa shape index (κ3) is 5.81. The van der Waals surface area contributed by atoms with Gasteiger partial charge in [0.25, 0.3) is 0 Å². The highest BCUT2D eigenvalue weighted by atomic mass is 79.9. The Balaban J connectivity index is 0.000000791. The van der Waals surface area contributed by atoms with Crippen molar-refractivity contribution in [2.45, 2.75) is 20.3 Å². The largest absolute Gasteiger partial charge is 0.493 e. The molecule has 0 atom stereocenters. The molecule has 1 aromatic carbocycles. The lowest BCUT2D eigenvalue weighted by Gasteiger charge is -2.03. The van der Waals surface area contributed by atoms with E-state index in [2.05, 4.69) is 22.5 Å². The first-order chi connectivity index (χ1) is 6.83. The molecule has 0 radical (unpaired) electrons. The second-order valence-electron chi connectivity index (χ2n) is 2.38. The Morgan fingerprint density at radius 2 is 2.14 bits per heavy atom. The van der Waals surface area contributed by atoms with Gasteiger partial charge in [-0.1, -0.05) is 41.9 Å². The summed E-state index contributed by atoms with van der Waals surface area (Å²) in [5.74, 6) is 0.895. The van der Waals surface area contributed by atoms with Gasteiger partial charge < -0.3 is 4.74 Å². The highest BCUT2D eigenvalue weighted by molar-refractivity contribution is 9.10. The molecule has 1 aromatic rings. The van der Waals surface area contributed by atoms with Gasteiger partial charge in [-0.3, -0.25) is 0 Å². The van der Waals surface area contributed by atoms with Crippen LogP contribution in [0.4, 0.5) is 0 Å². The number of halogens is 1. The number of rotatable bonds is 4. The monoisotopic (exact) mass is 256 g/mol. The fourth-order valence-corrected chi connectivity index (χ4v) is 1.20. The van der Waals surface area contributed by atoms with Crippen LogP contribution in [0.15, 0.2) is 41.4 Å². The van der Waals surface area contributed by atoms with Crippen LogP contribution in [0.5, 0.6) is 5.75 Å². The van der Waals surface area contributed by atoms with E-state index in [1.165, 1.54) is 0 Å². The second kappa shape index (κ2) is 8.82. The first-order valence-corrected chi connectivity index (χ1v) is 5.61. The van der Waals surface area contributed by atoms with Crippen molar-refractivity contribution in [3.63, 3.8) is 0 Å². The van der Waals surface area contributed by atoms with Crippen LogP contribution < -0.4 is 4.74 Å². The van der Waals surface area contributed by atoms with Crippen molar-refractivity contribution in [2.24, 2.45) is 0 Å². The minimum Gasteiger partial charge on any atom is -0.493 e. The Morgan fingerprint density at radius 1 is 1.43 bits per heavy atom. The van der Waals surface area contributed by atoms with Gasteiger partial charge in [0.1, 0.15) is 5.75 Å². The molecule has 0 aromatic heterocycles. The van der Waals surface area contributed by atoms with Crippen molar-refractivity contribution >= 4 is 15.9 Å². The van der Waals surface area contributed by atoms with E-state index in [0.717, 1.165) is 16.6 Å². The molecule has 2 heteroatoms. The summed E-state index contributed by atoms with van der Waals surface area (Å²) in [7, 11) is 0. The van der Waals surface area contributed by atoms with Crippen LogP contribution in [0, 0.1) is 0 Å². The van der Waals surface area contributed by atoms with Gasteiger partial charge in [-0.15, -0.1) is 6.58 Å². The maximum Gasteiger partial charge on any atom is 0.120 e. The Bertz CT molecular complexity index is 258. The molecule has 14 heavy (non-hydrogen) atoms. The van der Waals surface area contributed by atoms with E-state index in [4.69, 9.17) is 4.74 Å². The van der Waals surface area contributed by atoms with Gasteiger partial charge in [-0.2, -0.15) is 0 Å². The highest BCUT2D eigenvalue weighted by Gasteiger charge is 1.92. The maximum atomic E-state index is 5.43. The van der Waals surface area contributed by atoms with E-state index in [0.29, 0.717) is 6.61 Å². The normalized spacial score (nSPS) is 8.50. The summed E-state index contributed by atoms with van der Waals surface area (Å²) in [4.78, 5) is 0. The number of benzene rings is 1. The Kier molecular flexibility index (Phi) is 8.34. The third-order valence-corrected chi connectivity index (χ3v) is 1.88. The van der Waals surface area contributed by atoms with E-state index in [1.807, 2.05) is 44.2 Å². The molecule has 0 aliphatic rings. The SMILES string of the molecule is C=CCCOc1cccc(Br)c1.CC. The molecule has 0 saturated carbocycles. The van der Waals surface area contributed by atoms with Gasteiger partial charge in [-0.05, 0) is 24.6 Å². The van der Waals surface area contributed by atoms with E-state index in [-0.39, 0.29) is 0 Å². The Hall–Kier alpha value is -0.760. The molecule has 1 nitrogen and oxygen atoms in total. The molecule has 0 amide bonds. The van der Waals surface area contributed by atoms with Gasteiger partial charge in [0, 0.05) is 4.47 Å². The van der Waals surface area contributed by atoms with E-state index in [9.17, 15) is 0 Å². The molecule has 0 N–H and O–H groups in total. The summed E-state index contributed by atoms with van der Waals surface area (Å²) in [6.07, 6.45) is 2.73. The average Bonchev–Trinajstić information content (AvgIpc) is 2.21. The lowest BCUT2D eigenvalue weighted by Crippen LogP contribution is -1.94. The minimum absolute atomic E-state index is 0.694. The zero-order valence-corrected chi connectivity index (χ0v) is 10.4. The summed E-state index contributed by atoms with van der Waals surface area (Å²) in [6.45, 7) is 8.31. The first kappa shape index (κ1) is 13.2. The van der Waals surface area contributed by atoms with Gasteiger partial charge in [0.15, 0.2) is 0 Å². The van der Waals surface area contributed by atoms with Crippen LogP contribution >= 0.6 is 15.9 Å². The fraction of sp³-hybridized carbons (Fsp3) is 0.333. The molecule has 0 aliphatic carbocycles. The predicted molar refractivity (Wildman–Crippen MR) is 65.8 cm³/mol. The van der Waals surface area contributed by atoms with Crippen molar-refractivity contribution in [3.8, 4) is 5.75 Å². The summed E-state index contributed by atoms with van der Waals surface area (Å²) in [5, 5.41) is 0. The maximum absolute atomic E-state index is 5.43. The number of ether oxygens (including phenoxy) is 1. The lowest BCUT2D eigenvalue weighted by molar-refractivity contribution is 0.325. The highest BCUT2D eigenvalue weighted by Crippen LogP contribution is 2.17. The van der Waals surface area contributed by atoms with Crippen LogP contribution in [0.2, 0.25) is 0 Å². The van der Waals surface area contributed by atoms with E-state index >= 15 is 0 Å². The van der Waals surface area contributed by atoms with Crippen LogP contribution in [0.25, 0.3) is 0 Å². The van der Waals surface area contributed by atoms with Crippen molar-refractivity contribution in [1.82, 2.24) is 0 Å². The van der Waals surface area contributed by atoms with Crippen molar-refractivity contribution in [3.05, 3.63) is 41.4 Å². The van der Waals surface area contributed by atoms with E-state index in [1.54, 1.807) is 0 Å². The zero-order valence-electron chi connectivity index (χ0n) is 8.79. The summed E-state index contributed by atoms with van der Waals surface area (Å²) in [5.41, 5.74) is 0. The Labute approximate surface area is 94.9 Å². The van der Waals surface area contributed by atoms with Crippen LogP contribution in [0.1, 0.15) is 20.3 Å². The molecule has 1 rings (SSSR count). The third-order valence-electron chi connectivity index (χ3n) is 1.39. The minimum atomic E-state index is 0.694. The van der Waals surface area contributed by atoms with Gasteiger partial charge in [0.2, 0.25) is 0 Å². The smallest absolute Gasteiger partial charge is 0.120 e. The molecule has 0 unspecified atom stereocenters. The second-order valence-corrected chi connectivity index (χ2v) is 3.30. The molecule has 0 aliphatic heterocycles. The van der Waals surface area contributed by atoms with Crippen molar-refractivity contribution in [2.75, 3.05) is 6.61 Å². The quantitative estimate of drug-likeness (QED) is 0.572. The topological polar surface area (TPSA) is 9.23 Å².